The molecule has 0 heterocycles. The van der Waals surface area contributed by atoms with Crippen molar-refractivity contribution in [2.75, 3.05) is 0 Å². The highest BCUT2D eigenvalue weighted by molar-refractivity contribution is 4.84. The van der Waals surface area contributed by atoms with Gasteiger partial charge in [-0.1, -0.05) is 6.58 Å². The van der Waals surface area contributed by atoms with Gasteiger partial charge >= 0.3 is 0 Å². The van der Waals surface area contributed by atoms with Crippen LogP contribution in [0, 0.1) is 0 Å². The molecule has 0 unspecified atom stereocenters. The van der Waals surface area contributed by atoms with Gasteiger partial charge in [-0.25, -0.2) is 0 Å². The molecular formula is C4H8O2. The normalized spacial score (nSPS) is 13.7. The highest BCUT2D eigenvalue weighted by Crippen LogP contribution is 1.88. The van der Waals surface area contributed by atoms with Gasteiger partial charge in [0.1, 0.15) is 11.9 Å². The summed E-state index contributed by atoms with van der Waals surface area (Å²) < 4.78 is 0. The molecule has 0 radical (unpaired) electrons. The molecule has 1 atom stereocenters. The molecule has 0 bridgehead atoms. The Hall–Kier alpha value is -0.500. The second kappa shape index (κ2) is 1.82. The number of aliphatic hydroxyl groups excluding tert-OH is 2. The summed E-state index contributed by atoms with van der Waals surface area (Å²) >= 11 is 0. The van der Waals surface area contributed by atoms with Gasteiger partial charge in [0.25, 0.3) is 0 Å². The first-order valence-electron chi connectivity index (χ1n) is 1.70. The summed E-state index contributed by atoms with van der Waals surface area (Å²) in [6.45, 7) is 4.51. The predicted octanol–water partition coefficient (Wildman–Crippen LogP) is 0.439. The Morgan fingerprint density at radius 1 is 1.83 bits per heavy atom. The molecule has 0 aliphatic rings. The molecule has 6 heavy (non-hydrogen) atoms. The van der Waals surface area contributed by atoms with Crippen molar-refractivity contribution in [3.8, 4) is 0 Å². The average molecular weight is 88.1 g/mol. The lowest BCUT2D eigenvalue weighted by atomic mass is 10.4. The van der Waals surface area contributed by atoms with Crippen LogP contribution in [0.25, 0.3) is 0 Å². The molecule has 0 amide bonds. The molecule has 2 N–H and O–H groups in total. The highest BCUT2D eigenvalue weighted by Gasteiger charge is 1.93. The Bertz CT molecular complexity index is 56.6. The van der Waals surface area contributed by atoms with Gasteiger partial charge in [-0.3, -0.25) is 0 Å². The maximum Gasteiger partial charge on any atom is 0.113 e. The number of rotatable bonds is 1. The van der Waals surface area contributed by atoms with E-state index in [1.165, 1.54) is 6.92 Å². The van der Waals surface area contributed by atoms with Crippen molar-refractivity contribution >= 4 is 0 Å². The summed E-state index contributed by atoms with van der Waals surface area (Å²) in [5, 5.41) is 16.5. The summed E-state index contributed by atoms with van der Waals surface area (Å²) in [5.74, 6) is -0.185. The zero-order valence-electron chi connectivity index (χ0n) is 3.68. The minimum Gasteiger partial charge on any atom is -0.510 e. The molecule has 0 aliphatic carbocycles. The standard InChI is InChI=1S/C4H8O2/c1-3(5)4(2)6/h4-6H,1H2,2H3/t4-/m1/s1. The molecule has 2 nitrogen and oxygen atoms in total. The van der Waals surface area contributed by atoms with E-state index < -0.39 is 6.10 Å². The van der Waals surface area contributed by atoms with Crippen LogP contribution >= 0.6 is 0 Å². The van der Waals surface area contributed by atoms with E-state index in [9.17, 15) is 0 Å². The van der Waals surface area contributed by atoms with Crippen LogP contribution in [0.1, 0.15) is 6.92 Å². The van der Waals surface area contributed by atoms with E-state index in [0.717, 1.165) is 0 Å². The van der Waals surface area contributed by atoms with Gasteiger partial charge in [-0.2, -0.15) is 0 Å². The fourth-order valence-corrected chi connectivity index (χ4v) is 0. The summed E-state index contributed by atoms with van der Waals surface area (Å²) in [6.07, 6.45) is -0.787. The van der Waals surface area contributed by atoms with Gasteiger partial charge in [-0.15, -0.1) is 0 Å². The van der Waals surface area contributed by atoms with Gasteiger partial charge in [0.15, 0.2) is 0 Å². The maximum absolute atomic E-state index is 8.28. The van der Waals surface area contributed by atoms with Crippen LogP contribution in [0.5, 0.6) is 0 Å². The minimum absolute atomic E-state index is 0.185. The van der Waals surface area contributed by atoms with Gasteiger partial charge in [0.05, 0.1) is 0 Å². The van der Waals surface area contributed by atoms with Crippen molar-refractivity contribution in [2.24, 2.45) is 0 Å². The van der Waals surface area contributed by atoms with Crippen molar-refractivity contribution in [1.29, 1.82) is 0 Å². The fourth-order valence-electron chi connectivity index (χ4n) is 0. The minimum atomic E-state index is -0.787. The molecule has 36 valence electrons. The Morgan fingerprint density at radius 3 is 2.00 bits per heavy atom. The van der Waals surface area contributed by atoms with Crippen LogP contribution in [0.15, 0.2) is 12.3 Å². The molecule has 0 aromatic carbocycles. The monoisotopic (exact) mass is 88.1 g/mol. The first-order valence-corrected chi connectivity index (χ1v) is 1.70. The number of aliphatic hydroxyl groups is 2. The van der Waals surface area contributed by atoms with Crippen LogP contribution in [0.2, 0.25) is 0 Å². The summed E-state index contributed by atoms with van der Waals surface area (Å²) in [5.41, 5.74) is 0. The molecule has 0 saturated heterocycles. The Kier molecular flexibility index (Phi) is 1.67. The van der Waals surface area contributed by atoms with Gasteiger partial charge < -0.3 is 10.2 Å². The molecule has 0 rings (SSSR count). The first kappa shape index (κ1) is 5.50. The molecule has 0 saturated carbocycles. The fraction of sp³-hybridized carbons (Fsp3) is 0.500. The van der Waals surface area contributed by atoms with Crippen molar-refractivity contribution in [3.05, 3.63) is 12.3 Å². The first-order chi connectivity index (χ1) is 2.64. The maximum atomic E-state index is 8.28. The van der Waals surface area contributed by atoms with Crippen LogP contribution in [-0.2, 0) is 0 Å². The van der Waals surface area contributed by atoms with Crippen LogP contribution in [0.4, 0.5) is 0 Å². The van der Waals surface area contributed by atoms with Gasteiger partial charge in [0, 0.05) is 0 Å². The molecule has 0 aromatic rings. The lowest BCUT2D eigenvalue weighted by molar-refractivity contribution is 0.171. The number of hydrogen-bond acceptors (Lipinski definition) is 2. The van der Waals surface area contributed by atoms with Crippen molar-refractivity contribution in [2.45, 2.75) is 13.0 Å². The highest BCUT2D eigenvalue weighted by atomic mass is 16.3. The third kappa shape index (κ3) is 1.79. The molecule has 2 heteroatoms. The van der Waals surface area contributed by atoms with E-state index in [0.29, 0.717) is 0 Å². The zero-order chi connectivity index (χ0) is 5.15. The van der Waals surface area contributed by atoms with E-state index in [1.54, 1.807) is 0 Å². The largest absolute Gasteiger partial charge is 0.510 e. The Labute approximate surface area is 36.7 Å². The lowest BCUT2D eigenvalue weighted by Crippen LogP contribution is -2.00. The van der Waals surface area contributed by atoms with Crippen LogP contribution < -0.4 is 0 Å². The van der Waals surface area contributed by atoms with Crippen LogP contribution in [-0.4, -0.2) is 16.3 Å². The lowest BCUT2D eigenvalue weighted by Gasteiger charge is -1.95. The van der Waals surface area contributed by atoms with Gasteiger partial charge in [0.2, 0.25) is 0 Å². The topological polar surface area (TPSA) is 40.5 Å². The molecule has 0 aliphatic heterocycles. The summed E-state index contributed by atoms with van der Waals surface area (Å²) in [7, 11) is 0. The molecular weight excluding hydrogens is 80.0 g/mol. The zero-order valence-corrected chi connectivity index (χ0v) is 3.68. The van der Waals surface area contributed by atoms with E-state index in [4.69, 9.17) is 10.2 Å². The second-order valence-corrected chi connectivity index (χ2v) is 1.17. The SMILES string of the molecule is C=C(O)[C@@H](C)O. The third-order valence-corrected chi connectivity index (χ3v) is 0.482. The van der Waals surface area contributed by atoms with Crippen LogP contribution in [0.3, 0.4) is 0 Å². The molecule has 0 aromatic heterocycles. The average Bonchev–Trinajstić information content (AvgIpc) is 1.36. The number of hydrogen-bond donors (Lipinski definition) is 2. The summed E-state index contributed by atoms with van der Waals surface area (Å²) in [6, 6.07) is 0. The second-order valence-electron chi connectivity index (χ2n) is 1.17. The van der Waals surface area contributed by atoms with E-state index in [-0.39, 0.29) is 5.76 Å². The molecule has 0 spiro atoms. The third-order valence-electron chi connectivity index (χ3n) is 0.482. The van der Waals surface area contributed by atoms with Crippen molar-refractivity contribution < 1.29 is 10.2 Å². The Morgan fingerprint density at radius 2 is 2.00 bits per heavy atom. The van der Waals surface area contributed by atoms with E-state index in [1.807, 2.05) is 0 Å². The van der Waals surface area contributed by atoms with E-state index >= 15 is 0 Å². The smallest absolute Gasteiger partial charge is 0.113 e. The van der Waals surface area contributed by atoms with Gasteiger partial charge in [-0.05, 0) is 6.92 Å². The van der Waals surface area contributed by atoms with Crippen molar-refractivity contribution in [3.63, 3.8) is 0 Å². The summed E-state index contributed by atoms with van der Waals surface area (Å²) in [4.78, 5) is 0. The van der Waals surface area contributed by atoms with E-state index in [2.05, 4.69) is 6.58 Å². The quantitative estimate of drug-likeness (QED) is 0.456. The molecule has 0 fully saturated rings. The van der Waals surface area contributed by atoms with Crippen molar-refractivity contribution in [1.82, 2.24) is 0 Å². The predicted molar refractivity (Wildman–Crippen MR) is 23.4 cm³/mol. The Balaban J connectivity index is 3.26.